The molecular formula is C19H21N3O3. The molecule has 2 aromatic rings. The normalized spacial score (nSPS) is 15.2. The Hall–Kier alpha value is -2.73. The number of nitrogens with zero attached hydrogens (tertiary/aromatic N) is 3. The van der Waals surface area contributed by atoms with Gasteiger partial charge in [-0.15, -0.1) is 0 Å². The van der Waals surface area contributed by atoms with E-state index in [1.165, 1.54) is 0 Å². The van der Waals surface area contributed by atoms with Gasteiger partial charge in [-0.05, 0) is 17.7 Å². The lowest BCUT2D eigenvalue weighted by Gasteiger charge is -2.33. The first-order chi connectivity index (χ1) is 12.0. The van der Waals surface area contributed by atoms with E-state index in [2.05, 4.69) is 9.88 Å². The number of carboxylic acid groups (broad SMARTS) is 1. The highest BCUT2D eigenvalue weighted by Gasteiger charge is 2.19. The van der Waals surface area contributed by atoms with Crippen molar-refractivity contribution in [3.8, 4) is 11.1 Å². The van der Waals surface area contributed by atoms with E-state index >= 15 is 0 Å². The Balaban J connectivity index is 1.68. The van der Waals surface area contributed by atoms with Crippen LogP contribution in [0.25, 0.3) is 11.1 Å². The quantitative estimate of drug-likeness (QED) is 0.923. The zero-order valence-corrected chi connectivity index (χ0v) is 14.2. The molecule has 1 saturated heterocycles. The molecule has 1 aliphatic rings. The van der Waals surface area contributed by atoms with Gasteiger partial charge >= 0.3 is 5.97 Å². The molecule has 1 aromatic heterocycles. The SMILES string of the molecule is CC(=O)N1CCN(Cc2ccc(-c3ccccc3C(=O)O)cn2)CC1. The summed E-state index contributed by atoms with van der Waals surface area (Å²) in [6, 6.07) is 10.8. The summed E-state index contributed by atoms with van der Waals surface area (Å²) in [4.78, 5) is 31.3. The number of amides is 1. The molecule has 0 radical (unpaired) electrons. The Morgan fingerprint density at radius 2 is 1.80 bits per heavy atom. The largest absolute Gasteiger partial charge is 0.478 e. The molecule has 3 rings (SSSR count). The van der Waals surface area contributed by atoms with E-state index in [-0.39, 0.29) is 11.5 Å². The first kappa shape index (κ1) is 17.1. The van der Waals surface area contributed by atoms with Crippen molar-refractivity contribution in [3.63, 3.8) is 0 Å². The van der Waals surface area contributed by atoms with Crippen LogP contribution in [0.4, 0.5) is 0 Å². The van der Waals surface area contributed by atoms with Crippen LogP contribution in [0.2, 0.25) is 0 Å². The van der Waals surface area contributed by atoms with E-state index in [4.69, 9.17) is 0 Å². The van der Waals surface area contributed by atoms with E-state index < -0.39 is 5.97 Å². The van der Waals surface area contributed by atoms with E-state index in [0.717, 1.165) is 44.0 Å². The third-order valence-corrected chi connectivity index (χ3v) is 4.50. The molecule has 1 aliphatic heterocycles. The molecule has 0 atom stereocenters. The molecule has 25 heavy (non-hydrogen) atoms. The van der Waals surface area contributed by atoms with E-state index in [9.17, 15) is 14.7 Å². The molecule has 1 amide bonds. The molecule has 6 nitrogen and oxygen atoms in total. The van der Waals surface area contributed by atoms with Crippen LogP contribution in [0.3, 0.4) is 0 Å². The predicted molar refractivity (Wildman–Crippen MR) is 94.2 cm³/mol. The maximum Gasteiger partial charge on any atom is 0.336 e. The number of aromatic nitrogens is 1. The van der Waals surface area contributed by atoms with Crippen molar-refractivity contribution in [1.82, 2.24) is 14.8 Å². The topological polar surface area (TPSA) is 73.7 Å². The molecule has 1 fully saturated rings. The van der Waals surface area contributed by atoms with Crippen LogP contribution in [0, 0.1) is 0 Å². The van der Waals surface area contributed by atoms with Crippen LogP contribution < -0.4 is 0 Å². The Morgan fingerprint density at radius 1 is 1.08 bits per heavy atom. The molecule has 0 bridgehead atoms. The van der Waals surface area contributed by atoms with E-state index in [0.29, 0.717) is 5.56 Å². The number of pyridine rings is 1. The fourth-order valence-electron chi connectivity index (χ4n) is 3.05. The fraction of sp³-hybridized carbons (Fsp3) is 0.316. The Bertz CT molecular complexity index is 766. The number of carbonyl (C=O) groups is 2. The highest BCUT2D eigenvalue weighted by atomic mass is 16.4. The van der Waals surface area contributed by atoms with Crippen molar-refractivity contribution in [3.05, 3.63) is 53.9 Å². The zero-order valence-electron chi connectivity index (χ0n) is 14.2. The van der Waals surface area contributed by atoms with Gasteiger partial charge in [0.05, 0.1) is 11.3 Å². The first-order valence-electron chi connectivity index (χ1n) is 8.30. The van der Waals surface area contributed by atoms with Crippen molar-refractivity contribution in [1.29, 1.82) is 0 Å². The van der Waals surface area contributed by atoms with Crippen molar-refractivity contribution in [2.75, 3.05) is 26.2 Å². The molecule has 2 heterocycles. The number of hydrogen-bond acceptors (Lipinski definition) is 4. The second-order valence-corrected chi connectivity index (χ2v) is 6.17. The van der Waals surface area contributed by atoms with Crippen molar-refractivity contribution >= 4 is 11.9 Å². The van der Waals surface area contributed by atoms with Crippen LogP contribution in [-0.4, -0.2) is 57.9 Å². The summed E-state index contributed by atoms with van der Waals surface area (Å²) >= 11 is 0. The number of rotatable bonds is 4. The Morgan fingerprint density at radius 3 is 2.40 bits per heavy atom. The minimum absolute atomic E-state index is 0.124. The summed E-state index contributed by atoms with van der Waals surface area (Å²) in [5.41, 5.74) is 2.68. The third-order valence-electron chi connectivity index (χ3n) is 4.50. The number of benzene rings is 1. The molecule has 130 valence electrons. The van der Waals surface area contributed by atoms with Gasteiger partial charge in [-0.2, -0.15) is 0 Å². The van der Waals surface area contributed by atoms with Crippen molar-refractivity contribution < 1.29 is 14.7 Å². The number of piperazine rings is 1. The summed E-state index contributed by atoms with van der Waals surface area (Å²) in [7, 11) is 0. The van der Waals surface area contributed by atoms with Gasteiger partial charge in [0.25, 0.3) is 0 Å². The van der Waals surface area contributed by atoms with Gasteiger partial charge in [-0.3, -0.25) is 14.7 Å². The molecule has 0 unspecified atom stereocenters. The summed E-state index contributed by atoms with van der Waals surface area (Å²) < 4.78 is 0. The molecule has 0 saturated carbocycles. The number of carboxylic acids is 1. The van der Waals surface area contributed by atoms with Gasteiger partial charge in [0.1, 0.15) is 0 Å². The van der Waals surface area contributed by atoms with Gasteiger partial charge < -0.3 is 10.0 Å². The predicted octanol–water partition coefficient (Wildman–Crippen LogP) is 2.11. The Kier molecular flexibility index (Phi) is 5.09. The zero-order chi connectivity index (χ0) is 17.8. The summed E-state index contributed by atoms with van der Waals surface area (Å²) in [5.74, 6) is -0.817. The van der Waals surface area contributed by atoms with Gasteiger partial charge in [-0.25, -0.2) is 4.79 Å². The van der Waals surface area contributed by atoms with Crippen LogP contribution in [0.1, 0.15) is 23.0 Å². The summed E-state index contributed by atoms with van der Waals surface area (Å²) in [5, 5.41) is 9.30. The lowest BCUT2D eigenvalue weighted by atomic mass is 10.0. The molecule has 0 spiro atoms. The van der Waals surface area contributed by atoms with Crippen LogP contribution >= 0.6 is 0 Å². The van der Waals surface area contributed by atoms with Gasteiger partial charge in [-0.1, -0.05) is 24.3 Å². The van der Waals surface area contributed by atoms with E-state index in [1.54, 1.807) is 31.3 Å². The van der Waals surface area contributed by atoms with Crippen LogP contribution in [-0.2, 0) is 11.3 Å². The van der Waals surface area contributed by atoms with Crippen LogP contribution in [0.15, 0.2) is 42.6 Å². The molecule has 1 N–H and O–H groups in total. The molecule has 6 heteroatoms. The number of hydrogen-bond donors (Lipinski definition) is 1. The lowest BCUT2D eigenvalue weighted by Crippen LogP contribution is -2.47. The Labute approximate surface area is 146 Å². The molecule has 1 aromatic carbocycles. The van der Waals surface area contributed by atoms with E-state index in [1.807, 2.05) is 23.1 Å². The maximum absolute atomic E-state index is 11.4. The highest BCUT2D eigenvalue weighted by Crippen LogP contribution is 2.23. The smallest absolute Gasteiger partial charge is 0.336 e. The standard InChI is InChI=1S/C19H21N3O3/c1-14(23)22-10-8-21(9-11-22)13-16-7-6-15(12-20-16)17-4-2-3-5-18(17)19(24)25/h2-7,12H,8-11,13H2,1H3,(H,24,25). The summed E-state index contributed by atoms with van der Waals surface area (Å²) in [6.07, 6.45) is 1.73. The second-order valence-electron chi connectivity index (χ2n) is 6.17. The lowest BCUT2D eigenvalue weighted by molar-refractivity contribution is -0.130. The first-order valence-corrected chi connectivity index (χ1v) is 8.30. The van der Waals surface area contributed by atoms with Gasteiger partial charge in [0, 0.05) is 51.4 Å². The number of aromatic carboxylic acids is 1. The van der Waals surface area contributed by atoms with Gasteiger partial charge in [0.15, 0.2) is 0 Å². The number of carbonyl (C=O) groups excluding carboxylic acids is 1. The summed E-state index contributed by atoms with van der Waals surface area (Å²) in [6.45, 7) is 5.51. The fourth-order valence-corrected chi connectivity index (χ4v) is 3.05. The second kappa shape index (κ2) is 7.44. The molecule has 0 aliphatic carbocycles. The van der Waals surface area contributed by atoms with Crippen molar-refractivity contribution in [2.45, 2.75) is 13.5 Å². The highest BCUT2D eigenvalue weighted by molar-refractivity contribution is 5.95. The average Bonchev–Trinajstić information content (AvgIpc) is 2.63. The monoisotopic (exact) mass is 339 g/mol. The average molecular weight is 339 g/mol. The van der Waals surface area contributed by atoms with Crippen LogP contribution in [0.5, 0.6) is 0 Å². The third kappa shape index (κ3) is 4.03. The van der Waals surface area contributed by atoms with Gasteiger partial charge in [0.2, 0.25) is 5.91 Å². The molecular weight excluding hydrogens is 318 g/mol. The van der Waals surface area contributed by atoms with Crippen molar-refractivity contribution in [2.24, 2.45) is 0 Å². The maximum atomic E-state index is 11.4. The minimum atomic E-state index is -0.942. The minimum Gasteiger partial charge on any atom is -0.478 e.